The maximum atomic E-state index is 10.8. The monoisotopic (exact) mass is 136 g/mol. The Morgan fingerprint density at radius 3 is 2.80 bits per heavy atom. The Balaban J connectivity index is 2.65. The van der Waals surface area contributed by atoms with E-state index in [2.05, 4.69) is 5.92 Å². The van der Waals surface area contributed by atoms with Crippen LogP contribution in [0.4, 0.5) is 0 Å². The van der Waals surface area contributed by atoms with Crippen molar-refractivity contribution < 1.29 is 9.59 Å². The first-order valence-corrected chi connectivity index (χ1v) is 2.86. The van der Waals surface area contributed by atoms with E-state index in [1.807, 2.05) is 0 Å². The summed E-state index contributed by atoms with van der Waals surface area (Å²) in [5.41, 5.74) is 0. The minimum Gasteiger partial charge on any atom is -0.274 e. The highest BCUT2D eigenvalue weighted by Gasteiger charge is 2.27. The summed E-state index contributed by atoms with van der Waals surface area (Å²) in [5.74, 6) is 1.75. The van der Waals surface area contributed by atoms with E-state index in [4.69, 9.17) is 6.42 Å². The molecule has 0 bridgehead atoms. The highest BCUT2D eigenvalue weighted by atomic mass is 16.2. The van der Waals surface area contributed by atoms with Crippen LogP contribution in [-0.2, 0) is 9.59 Å². The van der Waals surface area contributed by atoms with Gasteiger partial charge in [0.2, 0.25) is 11.8 Å². The molecule has 2 amide bonds. The molecular weight excluding hydrogens is 130 g/mol. The molecule has 0 atom stereocenters. The van der Waals surface area contributed by atoms with Gasteiger partial charge in [-0.25, -0.2) is 0 Å². The zero-order valence-corrected chi connectivity index (χ0v) is 5.33. The number of nitrogens with zero attached hydrogens (tertiary/aromatic N) is 1. The molecule has 1 aliphatic heterocycles. The van der Waals surface area contributed by atoms with Gasteiger partial charge in [-0.1, -0.05) is 5.92 Å². The van der Waals surface area contributed by atoms with Gasteiger partial charge in [-0.2, -0.15) is 0 Å². The highest BCUT2D eigenvalue weighted by molar-refractivity contribution is 6.07. The van der Waals surface area contributed by atoms with E-state index in [-0.39, 0.29) is 24.8 Å². The lowest BCUT2D eigenvalue weighted by Crippen LogP contribution is -2.29. The van der Waals surface area contributed by atoms with Crippen LogP contribution in [0.2, 0.25) is 0 Å². The third kappa shape index (κ3) is 1.01. The molecule has 3 nitrogen and oxygen atoms in total. The number of rotatable bonds is 1. The summed E-state index contributed by atoms with van der Waals surface area (Å²) < 4.78 is 0. The van der Waals surface area contributed by atoms with Crippen LogP contribution in [0.1, 0.15) is 6.42 Å². The van der Waals surface area contributed by atoms with Crippen molar-refractivity contribution in [2.45, 2.75) is 6.42 Å². The molecule has 1 rings (SSSR count). The van der Waals surface area contributed by atoms with Crippen molar-refractivity contribution in [3.8, 4) is 12.3 Å². The van der Waals surface area contributed by atoms with E-state index in [0.29, 0.717) is 0 Å². The van der Waals surface area contributed by atoms with Crippen LogP contribution in [0, 0.1) is 18.8 Å². The van der Waals surface area contributed by atoms with Gasteiger partial charge in [0.05, 0.1) is 13.0 Å². The van der Waals surface area contributed by atoms with Crippen LogP contribution < -0.4 is 0 Å². The molecular formula is C7H6NO2. The van der Waals surface area contributed by atoms with E-state index in [1.54, 1.807) is 0 Å². The van der Waals surface area contributed by atoms with Crippen LogP contribution in [-0.4, -0.2) is 23.3 Å². The molecule has 1 fully saturated rings. The fourth-order valence-electron chi connectivity index (χ4n) is 0.775. The Labute approximate surface area is 59.0 Å². The van der Waals surface area contributed by atoms with Crippen molar-refractivity contribution >= 4 is 11.8 Å². The van der Waals surface area contributed by atoms with Gasteiger partial charge in [-0.15, -0.1) is 6.42 Å². The van der Waals surface area contributed by atoms with Crippen molar-refractivity contribution in [3.63, 3.8) is 0 Å². The SMILES string of the molecule is C#CCN1C(=O)[CH]CC1=O. The largest absolute Gasteiger partial charge is 0.274 e. The van der Waals surface area contributed by atoms with Gasteiger partial charge in [0.25, 0.3) is 0 Å². The molecule has 0 spiro atoms. The fourth-order valence-corrected chi connectivity index (χ4v) is 0.775. The normalized spacial score (nSPS) is 17.7. The third-order valence-electron chi connectivity index (χ3n) is 1.27. The average Bonchev–Trinajstić information content (AvgIpc) is 2.20. The summed E-state index contributed by atoms with van der Waals surface area (Å²) in [5, 5.41) is 0. The Kier molecular flexibility index (Phi) is 1.72. The van der Waals surface area contributed by atoms with Gasteiger partial charge in [0, 0.05) is 6.42 Å². The molecule has 1 heterocycles. The summed E-state index contributed by atoms with van der Waals surface area (Å²) in [7, 11) is 0. The topological polar surface area (TPSA) is 37.4 Å². The minimum absolute atomic E-state index is 0.0914. The van der Waals surface area contributed by atoms with Crippen molar-refractivity contribution in [3.05, 3.63) is 6.42 Å². The maximum absolute atomic E-state index is 10.8. The minimum atomic E-state index is -0.275. The van der Waals surface area contributed by atoms with Crippen LogP contribution >= 0.6 is 0 Å². The van der Waals surface area contributed by atoms with Gasteiger partial charge in [-0.05, 0) is 0 Å². The van der Waals surface area contributed by atoms with Crippen molar-refractivity contribution in [1.29, 1.82) is 0 Å². The molecule has 0 aromatic carbocycles. The van der Waals surface area contributed by atoms with E-state index in [0.717, 1.165) is 4.90 Å². The molecule has 0 saturated carbocycles. The fraction of sp³-hybridized carbons (Fsp3) is 0.286. The molecule has 0 aliphatic carbocycles. The number of carbonyl (C=O) groups excluding carboxylic acids is 2. The Hall–Kier alpha value is -1.30. The van der Waals surface area contributed by atoms with Gasteiger partial charge in [-0.3, -0.25) is 14.5 Å². The first kappa shape index (κ1) is 6.81. The molecule has 0 aromatic rings. The molecule has 0 unspecified atom stereocenters. The zero-order chi connectivity index (χ0) is 7.56. The third-order valence-corrected chi connectivity index (χ3v) is 1.27. The molecule has 1 aliphatic rings. The van der Waals surface area contributed by atoms with E-state index < -0.39 is 0 Å². The average molecular weight is 136 g/mol. The lowest BCUT2D eigenvalue weighted by atomic mass is 10.4. The van der Waals surface area contributed by atoms with E-state index in [1.165, 1.54) is 6.42 Å². The molecule has 0 N–H and O–H groups in total. The number of likely N-dealkylation sites (tertiary alicyclic amines) is 1. The van der Waals surface area contributed by atoms with Gasteiger partial charge >= 0.3 is 0 Å². The second kappa shape index (κ2) is 2.53. The van der Waals surface area contributed by atoms with Gasteiger partial charge in [0.1, 0.15) is 0 Å². The standard InChI is InChI=1S/C7H6NO2/c1-2-5-8-6(9)3-4-7(8)10/h1,3H,4-5H2. The number of hydrogen-bond acceptors (Lipinski definition) is 2. The number of terminal acetylenes is 1. The summed E-state index contributed by atoms with van der Waals surface area (Å²) in [6, 6.07) is 0. The molecule has 3 heteroatoms. The molecule has 10 heavy (non-hydrogen) atoms. The number of carbonyl (C=O) groups is 2. The second-order valence-corrected chi connectivity index (χ2v) is 1.93. The maximum Gasteiger partial charge on any atom is 0.234 e. The number of imide groups is 1. The first-order valence-electron chi connectivity index (χ1n) is 2.86. The summed E-state index contributed by atoms with van der Waals surface area (Å²) >= 11 is 0. The molecule has 1 radical (unpaired) electrons. The quantitative estimate of drug-likeness (QED) is 0.363. The zero-order valence-electron chi connectivity index (χ0n) is 5.33. The summed E-state index contributed by atoms with van der Waals surface area (Å²) in [6.45, 7) is 0.0914. The smallest absolute Gasteiger partial charge is 0.234 e. The predicted octanol–water partition coefficient (Wildman–Crippen LogP) is -0.417. The van der Waals surface area contributed by atoms with Crippen LogP contribution in [0.15, 0.2) is 0 Å². The summed E-state index contributed by atoms with van der Waals surface area (Å²) in [6.07, 6.45) is 6.45. The molecule has 0 aromatic heterocycles. The summed E-state index contributed by atoms with van der Waals surface area (Å²) in [4.78, 5) is 22.5. The number of amides is 2. The lowest BCUT2D eigenvalue weighted by molar-refractivity contribution is -0.136. The van der Waals surface area contributed by atoms with Crippen molar-refractivity contribution in [2.24, 2.45) is 0 Å². The Morgan fingerprint density at radius 1 is 1.70 bits per heavy atom. The van der Waals surface area contributed by atoms with Gasteiger partial charge in [0.15, 0.2) is 0 Å². The van der Waals surface area contributed by atoms with E-state index in [9.17, 15) is 9.59 Å². The van der Waals surface area contributed by atoms with E-state index >= 15 is 0 Å². The van der Waals surface area contributed by atoms with Gasteiger partial charge < -0.3 is 0 Å². The Bertz CT molecular complexity index is 198. The second-order valence-electron chi connectivity index (χ2n) is 1.93. The number of hydrogen-bond donors (Lipinski definition) is 0. The molecule has 51 valence electrons. The predicted molar refractivity (Wildman–Crippen MR) is 34.5 cm³/mol. The molecule has 1 saturated heterocycles. The van der Waals surface area contributed by atoms with Crippen molar-refractivity contribution in [2.75, 3.05) is 6.54 Å². The van der Waals surface area contributed by atoms with Crippen molar-refractivity contribution in [1.82, 2.24) is 4.90 Å². The highest BCUT2D eigenvalue weighted by Crippen LogP contribution is 2.08. The lowest BCUT2D eigenvalue weighted by Gasteiger charge is -2.07. The van der Waals surface area contributed by atoms with Crippen LogP contribution in [0.5, 0.6) is 0 Å². The first-order chi connectivity index (χ1) is 4.75. The van der Waals surface area contributed by atoms with Crippen LogP contribution in [0.25, 0.3) is 0 Å². The van der Waals surface area contributed by atoms with Crippen LogP contribution in [0.3, 0.4) is 0 Å². The Morgan fingerprint density at radius 2 is 2.40 bits per heavy atom.